The second-order valence-electron chi connectivity index (χ2n) is 7.34. The van der Waals surface area contributed by atoms with Gasteiger partial charge in [-0.1, -0.05) is 60.2 Å². The summed E-state index contributed by atoms with van der Waals surface area (Å²) < 4.78 is 11.5. The van der Waals surface area contributed by atoms with Crippen LogP contribution in [0, 0.1) is 13.8 Å². The Kier molecular flexibility index (Phi) is 6.82. The monoisotopic (exact) mass is 443 g/mol. The maximum Gasteiger partial charge on any atom is 0.204 e. The fourth-order valence-electron chi connectivity index (χ4n) is 3.20. The fraction of sp³-hybridized carbons (Fsp3) is 0.154. The van der Waals surface area contributed by atoms with E-state index in [0.29, 0.717) is 18.1 Å². The van der Waals surface area contributed by atoms with E-state index in [4.69, 9.17) is 9.47 Å². The molecule has 3 aromatic carbocycles. The highest BCUT2D eigenvalue weighted by Crippen LogP contribution is 2.31. The number of aryl methyl sites for hydroxylation is 2. The molecule has 1 N–H and O–H groups in total. The molecule has 1 aromatic heterocycles. The number of benzene rings is 3. The van der Waals surface area contributed by atoms with Crippen LogP contribution in [0.1, 0.15) is 21.6 Å². The Balaban J connectivity index is 1.40. The predicted octanol–water partition coefficient (Wildman–Crippen LogP) is 6.46. The van der Waals surface area contributed by atoms with Gasteiger partial charge in [0.1, 0.15) is 6.61 Å². The highest BCUT2D eigenvalue weighted by molar-refractivity contribution is 7.15. The first kappa shape index (κ1) is 21.6. The van der Waals surface area contributed by atoms with Crippen LogP contribution in [-0.4, -0.2) is 18.3 Å². The molecule has 0 atom stereocenters. The van der Waals surface area contributed by atoms with Crippen LogP contribution in [0.3, 0.4) is 0 Å². The van der Waals surface area contributed by atoms with Crippen molar-refractivity contribution >= 4 is 22.7 Å². The first-order valence-electron chi connectivity index (χ1n) is 10.3. The molecule has 0 radical (unpaired) electrons. The maximum atomic E-state index is 5.95. The molecule has 0 aliphatic carbocycles. The molecule has 1 heterocycles. The molecule has 6 heteroatoms. The molecule has 0 unspecified atom stereocenters. The average Bonchev–Trinajstić information content (AvgIpc) is 3.20. The molecule has 0 aliphatic heterocycles. The minimum absolute atomic E-state index is 0.485. The van der Waals surface area contributed by atoms with Gasteiger partial charge in [0, 0.05) is 10.4 Å². The number of hydrogen-bond acceptors (Lipinski definition) is 6. The normalized spacial score (nSPS) is 11.0. The third kappa shape index (κ3) is 5.34. The summed E-state index contributed by atoms with van der Waals surface area (Å²) in [6.45, 7) is 4.62. The molecule has 4 aromatic rings. The smallest absolute Gasteiger partial charge is 0.204 e. The Bertz CT molecular complexity index is 1200. The van der Waals surface area contributed by atoms with Gasteiger partial charge in [0.2, 0.25) is 5.13 Å². The van der Waals surface area contributed by atoms with E-state index in [1.807, 2.05) is 36.4 Å². The van der Waals surface area contributed by atoms with Crippen LogP contribution in [0.25, 0.3) is 11.3 Å². The van der Waals surface area contributed by atoms with Crippen molar-refractivity contribution in [2.24, 2.45) is 5.10 Å². The van der Waals surface area contributed by atoms with Gasteiger partial charge in [-0.05, 0) is 43.2 Å². The number of rotatable bonds is 8. The largest absolute Gasteiger partial charge is 0.493 e. The van der Waals surface area contributed by atoms with Crippen LogP contribution in [0.4, 0.5) is 5.13 Å². The lowest BCUT2D eigenvalue weighted by Crippen LogP contribution is -1.98. The number of nitrogens with one attached hydrogen (secondary N) is 1. The van der Waals surface area contributed by atoms with E-state index in [2.05, 4.69) is 65.8 Å². The van der Waals surface area contributed by atoms with Crippen molar-refractivity contribution in [2.45, 2.75) is 20.5 Å². The van der Waals surface area contributed by atoms with Gasteiger partial charge in [-0.15, -0.1) is 11.3 Å². The zero-order valence-electron chi connectivity index (χ0n) is 18.3. The van der Waals surface area contributed by atoms with Crippen molar-refractivity contribution in [3.05, 3.63) is 94.4 Å². The van der Waals surface area contributed by atoms with Crippen LogP contribution in [-0.2, 0) is 6.61 Å². The molecule has 0 aliphatic rings. The molecule has 162 valence electrons. The van der Waals surface area contributed by atoms with E-state index < -0.39 is 0 Å². The molecule has 0 fully saturated rings. The van der Waals surface area contributed by atoms with Gasteiger partial charge in [0.25, 0.3) is 0 Å². The summed E-state index contributed by atoms with van der Waals surface area (Å²) in [6, 6.07) is 24.2. The van der Waals surface area contributed by atoms with Crippen molar-refractivity contribution in [3.63, 3.8) is 0 Å². The predicted molar refractivity (Wildman–Crippen MR) is 132 cm³/mol. The molecule has 0 amide bonds. The van der Waals surface area contributed by atoms with Gasteiger partial charge in [-0.3, -0.25) is 5.43 Å². The number of anilines is 1. The quantitative estimate of drug-likeness (QED) is 0.251. The van der Waals surface area contributed by atoms with Crippen molar-refractivity contribution in [1.82, 2.24) is 4.98 Å². The molecule has 32 heavy (non-hydrogen) atoms. The zero-order valence-corrected chi connectivity index (χ0v) is 19.1. The number of ether oxygens (including phenoxy) is 2. The van der Waals surface area contributed by atoms with E-state index in [0.717, 1.165) is 32.4 Å². The number of hydrogen-bond donors (Lipinski definition) is 1. The van der Waals surface area contributed by atoms with Crippen LogP contribution < -0.4 is 14.9 Å². The summed E-state index contributed by atoms with van der Waals surface area (Å²) in [5.74, 6) is 1.36. The van der Waals surface area contributed by atoms with Gasteiger partial charge < -0.3 is 9.47 Å². The SMILES string of the molecule is COc1cc(/C=N\Nc2nc(-c3ccccc3)c(C)s2)ccc1OCc1ccc(C)cc1. The van der Waals surface area contributed by atoms with E-state index >= 15 is 0 Å². The fourth-order valence-corrected chi connectivity index (χ4v) is 3.98. The van der Waals surface area contributed by atoms with E-state index in [1.165, 1.54) is 5.56 Å². The molecule has 0 bridgehead atoms. The van der Waals surface area contributed by atoms with Crippen LogP contribution in [0.2, 0.25) is 0 Å². The molecule has 5 nitrogen and oxygen atoms in total. The third-order valence-electron chi connectivity index (χ3n) is 4.92. The summed E-state index contributed by atoms with van der Waals surface area (Å²) in [5, 5.41) is 5.10. The zero-order chi connectivity index (χ0) is 22.3. The van der Waals surface area contributed by atoms with E-state index in [-0.39, 0.29) is 0 Å². The van der Waals surface area contributed by atoms with Gasteiger partial charge in [0.15, 0.2) is 11.5 Å². The number of aromatic nitrogens is 1. The lowest BCUT2D eigenvalue weighted by Gasteiger charge is -2.11. The molecular formula is C26H25N3O2S. The van der Waals surface area contributed by atoms with E-state index in [1.54, 1.807) is 24.7 Å². The van der Waals surface area contributed by atoms with Crippen molar-refractivity contribution < 1.29 is 9.47 Å². The average molecular weight is 444 g/mol. The van der Waals surface area contributed by atoms with Crippen LogP contribution in [0.15, 0.2) is 77.9 Å². The van der Waals surface area contributed by atoms with Gasteiger partial charge in [-0.25, -0.2) is 4.98 Å². The van der Waals surface area contributed by atoms with Crippen molar-refractivity contribution in [1.29, 1.82) is 0 Å². The minimum Gasteiger partial charge on any atom is -0.493 e. The second kappa shape index (κ2) is 10.1. The molecule has 0 saturated heterocycles. The van der Waals surface area contributed by atoms with Gasteiger partial charge in [-0.2, -0.15) is 5.10 Å². The maximum absolute atomic E-state index is 5.95. The first-order chi connectivity index (χ1) is 15.6. The topological polar surface area (TPSA) is 55.7 Å². The highest BCUT2D eigenvalue weighted by Gasteiger charge is 2.09. The Morgan fingerprint density at radius 1 is 0.969 bits per heavy atom. The second-order valence-corrected chi connectivity index (χ2v) is 8.55. The summed E-state index contributed by atoms with van der Waals surface area (Å²) >= 11 is 1.58. The Hall–Kier alpha value is -3.64. The van der Waals surface area contributed by atoms with Crippen molar-refractivity contribution in [2.75, 3.05) is 12.5 Å². The van der Waals surface area contributed by atoms with Crippen LogP contribution >= 0.6 is 11.3 Å². The summed E-state index contributed by atoms with van der Waals surface area (Å²) in [4.78, 5) is 5.81. The molecule has 4 rings (SSSR count). The Morgan fingerprint density at radius 2 is 1.75 bits per heavy atom. The lowest BCUT2D eigenvalue weighted by molar-refractivity contribution is 0.284. The number of hydrazone groups is 1. The summed E-state index contributed by atoms with van der Waals surface area (Å²) in [7, 11) is 1.64. The highest BCUT2D eigenvalue weighted by atomic mass is 32.1. The third-order valence-corrected chi connectivity index (χ3v) is 5.80. The first-order valence-corrected chi connectivity index (χ1v) is 11.1. The molecular weight excluding hydrogens is 418 g/mol. The Morgan fingerprint density at radius 3 is 2.50 bits per heavy atom. The standard InChI is InChI=1S/C26H25N3O2S/c1-18-9-11-20(12-10-18)17-31-23-14-13-21(15-24(23)30-3)16-27-29-26-28-25(19(2)32-26)22-7-5-4-6-8-22/h4-16H,17H2,1-3H3,(H,28,29)/b27-16-. The summed E-state index contributed by atoms with van der Waals surface area (Å²) in [6.07, 6.45) is 1.74. The number of thiazole rings is 1. The summed E-state index contributed by atoms with van der Waals surface area (Å²) in [5.41, 5.74) is 8.35. The number of methoxy groups -OCH3 is 1. The Labute approximate surface area is 192 Å². The molecule has 0 saturated carbocycles. The van der Waals surface area contributed by atoms with Gasteiger partial charge in [0.05, 0.1) is 19.0 Å². The lowest BCUT2D eigenvalue weighted by atomic mass is 10.1. The van der Waals surface area contributed by atoms with Crippen molar-refractivity contribution in [3.8, 4) is 22.8 Å². The van der Waals surface area contributed by atoms with E-state index in [9.17, 15) is 0 Å². The molecule has 0 spiro atoms. The van der Waals surface area contributed by atoms with Gasteiger partial charge >= 0.3 is 0 Å². The van der Waals surface area contributed by atoms with Crippen LogP contribution in [0.5, 0.6) is 11.5 Å². The minimum atomic E-state index is 0.485. The number of nitrogens with zero attached hydrogens (tertiary/aromatic N) is 2.